The van der Waals surface area contributed by atoms with E-state index in [0.717, 1.165) is 11.8 Å². The number of H-pyrrole nitrogens is 2. The molecule has 0 unspecified atom stereocenters. The number of nitrogens with one attached hydrogen (secondary N) is 3. The van der Waals surface area contributed by atoms with E-state index in [1.807, 2.05) is 4.98 Å². The Kier molecular flexibility index (Phi) is 5.97. The molecule has 1 heterocycles. The van der Waals surface area contributed by atoms with E-state index in [0.29, 0.717) is 15.6 Å². The first-order valence-corrected chi connectivity index (χ1v) is 7.79. The summed E-state index contributed by atoms with van der Waals surface area (Å²) in [5.41, 5.74) is 1.36. The molecule has 1 amide bonds. The third kappa shape index (κ3) is 4.95. The molecular weight excluding hydrogens is 365 g/mol. The van der Waals surface area contributed by atoms with Gasteiger partial charge < -0.3 is 0 Å². The highest BCUT2D eigenvalue weighted by molar-refractivity contribution is 7.99. The van der Waals surface area contributed by atoms with Gasteiger partial charge in [-0.1, -0.05) is 41.0 Å². The minimum absolute atomic E-state index is 0.0297. The summed E-state index contributed by atoms with van der Waals surface area (Å²) >= 11 is 12.7. The zero-order valence-corrected chi connectivity index (χ0v) is 13.6. The van der Waals surface area contributed by atoms with Crippen molar-refractivity contribution in [1.82, 2.24) is 20.6 Å². The summed E-state index contributed by atoms with van der Waals surface area (Å²) in [4.78, 5) is 35.8. The monoisotopic (exact) mass is 373 g/mol. The molecule has 0 spiro atoms. The number of aromatic nitrogens is 3. The van der Waals surface area contributed by atoms with Crippen LogP contribution in [0, 0.1) is 0 Å². The Balaban J connectivity index is 1.91. The molecule has 0 saturated heterocycles. The van der Waals surface area contributed by atoms with Crippen molar-refractivity contribution < 1.29 is 4.79 Å². The van der Waals surface area contributed by atoms with Crippen LogP contribution in [-0.2, 0) is 4.79 Å². The summed E-state index contributed by atoms with van der Waals surface area (Å²) in [5, 5.41) is 10.1. The maximum absolute atomic E-state index is 11.6. The summed E-state index contributed by atoms with van der Waals surface area (Å²) in [6.07, 6.45) is 1.32. The second-order valence-corrected chi connectivity index (χ2v) is 5.81. The molecule has 0 aliphatic carbocycles. The molecule has 0 fully saturated rings. The molecule has 0 atom stereocenters. The molecule has 3 N–H and O–H groups in total. The van der Waals surface area contributed by atoms with Gasteiger partial charge in [-0.15, -0.1) is 0 Å². The lowest BCUT2D eigenvalue weighted by atomic mass is 10.2. The van der Waals surface area contributed by atoms with Crippen LogP contribution in [-0.4, -0.2) is 33.1 Å². The van der Waals surface area contributed by atoms with E-state index < -0.39 is 17.2 Å². The van der Waals surface area contributed by atoms with Gasteiger partial charge in [-0.25, -0.2) is 15.3 Å². The Labute approximate surface area is 143 Å². The number of hydrazone groups is 1. The average Bonchev–Trinajstić information content (AvgIpc) is 2.49. The van der Waals surface area contributed by atoms with Crippen molar-refractivity contribution in [2.24, 2.45) is 5.10 Å². The van der Waals surface area contributed by atoms with Gasteiger partial charge in [0.2, 0.25) is 5.91 Å². The number of thioether (sulfide) groups is 1. The molecular formula is C12H9Cl2N5O3S. The van der Waals surface area contributed by atoms with Gasteiger partial charge in [-0.2, -0.15) is 10.2 Å². The highest BCUT2D eigenvalue weighted by atomic mass is 35.5. The lowest BCUT2D eigenvalue weighted by Crippen LogP contribution is -2.26. The van der Waals surface area contributed by atoms with Gasteiger partial charge in [0.25, 0.3) is 5.56 Å². The molecule has 0 aliphatic rings. The van der Waals surface area contributed by atoms with Crippen LogP contribution in [0.1, 0.15) is 5.56 Å². The van der Waals surface area contributed by atoms with E-state index in [2.05, 4.69) is 20.7 Å². The summed E-state index contributed by atoms with van der Waals surface area (Å²) < 4.78 is 0. The topological polar surface area (TPSA) is 120 Å². The van der Waals surface area contributed by atoms with Crippen molar-refractivity contribution in [2.45, 2.75) is 5.03 Å². The first-order chi connectivity index (χ1) is 11.0. The highest BCUT2D eigenvalue weighted by Gasteiger charge is 2.07. The molecule has 0 bridgehead atoms. The molecule has 1 aromatic heterocycles. The van der Waals surface area contributed by atoms with Crippen LogP contribution in [0.3, 0.4) is 0 Å². The van der Waals surface area contributed by atoms with Crippen LogP contribution in [0.25, 0.3) is 0 Å². The standard InChI is InChI=1S/C12H9Cl2N5O3S/c13-7-2-1-3-8(14)6(7)4-15-17-9(20)5-23-11-10(21)16-12(22)19-18-11/h1-4H,5H2,(H,17,20)(H2,16,19,21,22)/b15-4+. The summed E-state index contributed by atoms with van der Waals surface area (Å²) in [5.74, 6) is -0.586. The Morgan fingerprint density at radius 2 is 2.04 bits per heavy atom. The second kappa shape index (κ2) is 7.95. The van der Waals surface area contributed by atoms with Crippen LogP contribution >= 0.6 is 35.0 Å². The SMILES string of the molecule is O=C(CSc1n[nH]c(=O)[nH]c1=O)N/N=C/c1c(Cl)cccc1Cl. The predicted octanol–water partition coefficient (Wildman–Crippen LogP) is 1.01. The number of halogens is 2. The third-order valence-electron chi connectivity index (χ3n) is 2.40. The van der Waals surface area contributed by atoms with Crippen molar-refractivity contribution >= 4 is 47.1 Å². The molecule has 2 aromatic rings. The van der Waals surface area contributed by atoms with Gasteiger partial charge in [0, 0.05) is 5.56 Å². The van der Waals surface area contributed by atoms with Crippen molar-refractivity contribution in [3.05, 3.63) is 54.6 Å². The number of nitrogens with zero attached hydrogens (tertiary/aromatic N) is 2. The molecule has 1 aromatic carbocycles. The maximum Gasteiger partial charge on any atom is 0.342 e. The molecule has 0 saturated carbocycles. The number of hydrogen-bond acceptors (Lipinski definition) is 6. The molecule has 120 valence electrons. The fourth-order valence-corrected chi connectivity index (χ4v) is 2.52. The van der Waals surface area contributed by atoms with E-state index in [4.69, 9.17) is 23.2 Å². The van der Waals surface area contributed by atoms with E-state index in [9.17, 15) is 14.4 Å². The summed E-state index contributed by atoms with van der Waals surface area (Å²) in [6.45, 7) is 0. The van der Waals surface area contributed by atoms with Gasteiger partial charge in [-0.3, -0.25) is 14.6 Å². The average molecular weight is 374 g/mol. The lowest BCUT2D eigenvalue weighted by molar-refractivity contribution is -0.118. The maximum atomic E-state index is 11.6. The molecule has 0 aliphatic heterocycles. The van der Waals surface area contributed by atoms with Crippen molar-refractivity contribution in [1.29, 1.82) is 0 Å². The second-order valence-electron chi connectivity index (χ2n) is 4.03. The molecule has 0 radical (unpaired) electrons. The predicted molar refractivity (Wildman–Crippen MR) is 88.4 cm³/mol. The largest absolute Gasteiger partial charge is 0.342 e. The normalized spacial score (nSPS) is 10.9. The number of hydrogen-bond donors (Lipinski definition) is 3. The highest BCUT2D eigenvalue weighted by Crippen LogP contribution is 2.21. The number of benzene rings is 1. The zero-order chi connectivity index (χ0) is 16.8. The minimum Gasteiger partial charge on any atom is -0.272 e. The van der Waals surface area contributed by atoms with Crippen LogP contribution in [0.2, 0.25) is 10.0 Å². The van der Waals surface area contributed by atoms with E-state index >= 15 is 0 Å². The van der Waals surface area contributed by atoms with E-state index in [1.165, 1.54) is 6.21 Å². The fourth-order valence-electron chi connectivity index (χ4n) is 1.40. The lowest BCUT2D eigenvalue weighted by Gasteiger charge is -2.01. The van der Waals surface area contributed by atoms with Crippen LogP contribution in [0.5, 0.6) is 0 Å². The zero-order valence-electron chi connectivity index (χ0n) is 11.3. The fraction of sp³-hybridized carbons (Fsp3) is 0.0833. The quantitative estimate of drug-likeness (QED) is 0.410. The number of amides is 1. The number of carbonyl (C=O) groups is 1. The van der Waals surface area contributed by atoms with Crippen molar-refractivity contribution in [3.63, 3.8) is 0 Å². The van der Waals surface area contributed by atoms with Crippen LogP contribution < -0.4 is 16.7 Å². The van der Waals surface area contributed by atoms with E-state index in [1.54, 1.807) is 18.2 Å². The molecule has 23 heavy (non-hydrogen) atoms. The molecule has 2 rings (SSSR count). The Morgan fingerprint density at radius 1 is 1.35 bits per heavy atom. The number of aromatic amines is 2. The molecule has 11 heteroatoms. The van der Waals surface area contributed by atoms with Crippen molar-refractivity contribution in [3.8, 4) is 0 Å². The van der Waals surface area contributed by atoms with Gasteiger partial charge in [-0.05, 0) is 12.1 Å². The van der Waals surface area contributed by atoms with Crippen LogP contribution in [0.15, 0.2) is 37.9 Å². The third-order valence-corrected chi connectivity index (χ3v) is 4.02. The van der Waals surface area contributed by atoms with E-state index in [-0.39, 0.29) is 10.8 Å². The summed E-state index contributed by atoms with van der Waals surface area (Å²) in [6, 6.07) is 4.97. The minimum atomic E-state index is -0.718. The summed E-state index contributed by atoms with van der Waals surface area (Å²) in [7, 11) is 0. The van der Waals surface area contributed by atoms with Gasteiger partial charge >= 0.3 is 5.69 Å². The number of carbonyl (C=O) groups excluding carboxylic acids is 1. The van der Waals surface area contributed by atoms with Gasteiger partial charge in [0.05, 0.1) is 22.0 Å². The Bertz CT molecular complexity index is 844. The van der Waals surface area contributed by atoms with Crippen molar-refractivity contribution in [2.75, 3.05) is 5.75 Å². The first kappa shape index (κ1) is 17.3. The van der Waals surface area contributed by atoms with Crippen LogP contribution in [0.4, 0.5) is 0 Å². The van der Waals surface area contributed by atoms with Gasteiger partial charge in [0.1, 0.15) is 0 Å². The van der Waals surface area contributed by atoms with Gasteiger partial charge in [0.15, 0.2) is 5.03 Å². The Hall–Kier alpha value is -2.10. The first-order valence-electron chi connectivity index (χ1n) is 6.05. The number of rotatable bonds is 5. The smallest absolute Gasteiger partial charge is 0.272 e. The Morgan fingerprint density at radius 3 is 2.70 bits per heavy atom. The molecule has 8 nitrogen and oxygen atoms in total.